The smallest absolute Gasteiger partial charge is 0.338 e. The Hall–Kier alpha value is -2.24. The van der Waals surface area contributed by atoms with E-state index in [1.165, 1.54) is 29.2 Å². The molecule has 33 heavy (non-hydrogen) atoms. The number of halogens is 4. The van der Waals surface area contributed by atoms with E-state index in [1.807, 2.05) is 6.26 Å². The van der Waals surface area contributed by atoms with Crippen molar-refractivity contribution in [3.8, 4) is 5.69 Å². The molecule has 2 amide bonds. The summed E-state index contributed by atoms with van der Waals surface area (Å²) < 4.78 is 42.5. The second-order valence-corrected chi connectivity index (χ2v) is 9.47. The normalized spacial score (nSPS) is 20.3. The Morgan fingerprint density at radius 1 is 1.27 bits per heavy atom. The van der Waals surface area contributed by atoms with Gasteiger partial charge in [0.2, 0.25) is 0 Å². The second-order valence-electron chi connectivity index (χ2n) is 8.05. The molecule has 0 bridgehead atoms. The van der Waals surface area contributed by atoms with E-state index in [-0.39, 0.29) is 30.7 Å². The number of amides is 2. The van der Waals surface area contributed by atoms with Gasteiger partial charge < -0.3 is 4.90 Å². The Bertz CT molecular complexity index is 1040. The average molecular weight is 501 g/mol. The molecule has 2 aliphatic rings. The molecule has 1 spiro atoms. The number of nitrogens with zero attached hydrogens (tertiary/aromatic N) is 4. The van der Waals surface area contributed by atoms with Gasteiger partial charge in [0.1, 0.15) is 5.66 Å². The number of carbonyl (C=O) groups is 2. The van der Waals surface area contributed by atoms with Crippen LogP contribution in [0, 0.1) is 0 Å². The highest BCUT2D eigenvalue weighted by Gasteiger charge is 2.48. The van der Waals surface area contributed by atoms with E-state index in [0.29, 0.717) is 29.0 Å². The molecule has 0 saturated carbocycles. The monoisotopic (exact) mass is 500 g/mol. The highest BCUT2D eigenvalue weighted by atomic mass is 35.5. The van der Waals surface area contributed by atoms with Crippen LogP contribution < -0.4 is 10.6 Å². The number of aromatic nitrogens is 2. The zero-order valence-corrected chi connectivity index (χ0v) is 19.3. The van der Waals surface area contributed by atoms with Crippen LogP contribution in [0.3, 0.4) is 0 Å². The first-order valence-electron chi connectivity index (χ1n) is 10.4. The maximum Gasteiger partial charge on any atom is 0.434 e. The summed E-state index contributed by atoms with van der Waals surface area (Å²) >= 11 is 7.47. The van der Waals surface area contributed by atoms with Gasteiger partial charge in [-0.25, -0.2) is 10.00 Å². The van der Waals surface area contributed by atoms with Crippen molar-refractivity contribution in [2.24, 2.45) is 0 Å². The van der Waals surface area contributed by atoms with Crippen molar-refractivity contribution < 1.29 is 22.8 Å². The van der Waals surface area contributed by atoms with E-state index in [1.54, 1.807) is 11.8 Å². The summed E-state index contributed by atoms with van der Waals surface area (Å²) in [6.45, 7) is 0.364. The Morgan fingerprint density at radius 3 is 2.55 bits per heavy atom. The molecule has 177 valence electrons. The molecule has 0 aliphatic carbocycles. The van der Waals surface area contributed by atoms with Crippen molar-refractivity contribution >= 4 is 35.2 Å². The molecule has 2 fully saturated rings. The molecule has 1 aromatic carbocycles. The largest absolute Gasteiger partial charge is 0.434 e. The molecule has 7 nitrogen and oxygen atoms in total. The van der Waals surface area contributed by atoms with Crippen LogP contribution >= 0.6 is 23.4 Å². The maximum atomic E-state index is 13.9. The summed E-state index contributed by atoms with van der Waals surface area (Å²) in [5.74, 6) is -0.134. The first kappa shape index (κ1) is 23.9. The van der Waals surface area contributed by atoms with Crippen molar-refractivity contribution in [2.75, 3.05) is 25.1 Å². The summed E-state index contributed by atoms with van der Waals surface area (Å²) in [7, 11) is 0. The molecule has 1 radical (unpaired) electrons. The van der Waals surface area contributed by atoms with Crippen molar-refractivity contribution in [3.05, 3.63) is 46.7 Å². The van der Waals surface area contributed by atoms with Gasteiger partial charge in [0.25, 0.3) is 11.8 Å². The summed E-state index contributed by atoms with van der Waals surface area (Å²) in [6.07, 6.45) is -0.519. The van der Waals surface area contributed by atoms with Crippen molar-refractivity contribution in [1.82, 2.24) is 25.3 Å². The summed E-state index contributed by atoms with van der Waals surface area (Å²) in [4.78, 5) is 26.7. The zero-order valence-electron chi connectivity index (χ0n) is 17.7. The van der Waals surface area contributed by atoms with Crippen LogP contribution in [0.5, 0.6) is 0 Å². The topological polar surface area (TPSA) is 81.3 Å². The van der Waals surface area contributed by atoms with Crippen LogP contribution in [-0.2, 0) is 11.0 Å². The lowest BCUT2D eigenvalue weighted by atomic mass is 9.97. The van der Waals surface area contributed by atoms with Crippen molar-refractivity contribution in [2.45, 2.75) is 37.1 Å². The molecular formula is C21H22ClF3N5O2S. The predicted molar refractivity (Wildman–Crippen MR) is 119 cm³/mol. The molecule has 2 aromatic rings. The third-order valence-corrected chi connectivity index (χ3v) is 6.79. The molecular weight excluding hydrogens is 479 g/mol. The first-order chi connectivity index (χ1) is 15.6. The number of thioether (sulfide) groups is 1. The number of benzene rings is 1. The van der Waals surface area contributed by atoms with Crippen LogP contribution in [-0.4, -0.2) is 63.3 Å². The molecule has 1 aromatic heterocycles. The number of hydrogen-bond acceptors (Lipinski definition) is 5. The van der Waals surface area contributed by atoms with Crippen LogP contribution in [0.25, 0.3) is 5.69 Å². The fourth-order valence-electron chi connectivity index (χ4n) is 4.20. The lowest BCUT2D eigenvalue weighted by Crippen LogP contribution is -2.56. The van der Waals surface area contributed by atoms with Gasteiger partial charge in [0, 0.05) is 31.0 Å². The molecule has 4 rings (SSSR count). The number of rotatable bonds is 5. The first-order valence-corrected chi connectivity index (χ1v) is 12.1. The van der Waals surface area contributed by atoms with Crippen LogP contribution in [0.15, 0.2) is 30.5 Å². The molecule has 2 saturated heterocycles. The Morgan fingerprint density at radius 2 is 1.94 bits per heavy atom. The Balaban J connectivity index is 1.52. The van der Waals surface area contributed by atoms with E-state index in [9.17, 15) is 22.8 Å². The van der Waals surface area contributed by atoms with Gasteiger partial charge >= 0.3 is 6.18 Å². The quantitative estimate of drug-likeness (QED) is 0.681. The lowest BCUT2D eigenvalue weighted by molar-refractivity contribution is -0.143. The molecule has 12 heteroatoms. The summed E-state index contributed by atoms with van der Waals surface area (Å²) in [6, 6.07) is 5.36. The van der Waals surface area contributed by atoms with Gasteiger partial charge in [0.05, 0.1) is 23.5 Å². The number of nitrogens with one attached hydrogen (secondary N) is 1. The molecule has 1 N–H and O–H groups in total. The van der Waals surface area contributed by atoms with Gasteiger partial charge in [-0.15, -0.1) is 0 Å². The fraction of sp³-hybridized carbons (Fsp3) is 0.476. The SMILES string of the molecule is CSCCC1NC2(CCN(C(=O)c3cnn(-c4ccc(Cl)cc4)c3C(F)(F)F)CC2)[N]C1=O. The van der Waals surface area contributed by atoms with Gasteiger partial charge in [-0.2, -0.15) is 30.0 Å². The Labute approximate surface area is 198 Å². The lowest BCUT2D eigenvalue weighted by Gasteiger charge is -2.38. The minimum absolute atomic E-state index is 0.145. The third-order valence-electron chi connectivity index (χ3n) is 5.89. The standard InChI is InChI=1S/C21H22ClF3N5O2S/c1-33-11-6-16-18(31)28-20(27-16)7-9-29(10-8-20)19(32)15-12-26-30(17(15)21(23,24)25)14-4-2-13(22)3-5-14/h2-5,12,16,27H,6-11H2,1H3. The number of piperidine rings is 1. The van der Waals surface area contributed by atoms with Crippen molar-refractivity contribution in [1.29, 1.82) is 0 Å². The van der Waals surface area contributed by atoms with E-state index < -0.39 is 29.0 Å². The van der Waals surface area contributed by atoms with E-state index in [0.717, 1.165) is 11.9 Å². The predicted octanol–water partition coefficient (Wildman–Crippen LogP) is 3.33. The summed E-state index contributed by atoms with van der Waals surface area (Å²) in [5.41, 5.74) is -2.26. The zero-order chi connectivity index (χ0) is 23.8. The number of hydrogen-bond donors (Lipinski definition) is 1. The highest BCUT2D eigenvalue weighted by molar-refractivity contribution is 7.98. The molecule has 3 heterocycles. The maximum absolute atomic E-state index is 13.9. The Kier molecular flexibility index (Phi) is 6.66. The number of carbonyl (C=O) groups excluding carboxylic acids is 2. The molecule has 1 atom stereocenters. The minimum atomic E-state index is -4.79. The van der Waals surface area contributed by atoms with E-state index >= 15 is 0 Å². The fourth-order valence-corrected chi connectivity index (χ4v) is 4.80. The minimum Gasteiger partial charge on any atom is -0.338 e. The van der Waals surface area contributed by atoms with Crippen molar-refractivity contribution in [3.63, 3.8) is 0 Å². The number of alkyl halides is 3. The van der Waals surface area contributed by atoms with Gasteiger partial charge in [0.15, 0.2) is 5.69 Å². The highest BCUT2D eigenvalue weighted by Crippen LogP contribution is 2.35. The van der Waals surface area contributed by atoms with E-state index in [4.69, 9.17) is 11.6 Å². The van der Waals surface area contributed by atoms with Gasteiger partial charge in [-0.05, 0) is 42.7 Å². The van der Waals surface area contributed by atoms with Gasteiger partial charge in [-0.3, -0.25) is 14.9 Å². The number of likely N-dealkylation sites (tertiary alicyclic amines) is 1. The third kappa shape index (κ3) is 4.85. The van der Waals surface area contributed by atoms with Crippen LogP contribution in [0.1, 0.15) is 35.3 Å². The molecule has 1 unspecified atom stereocenters. The van der Waals surface area contributed by atoms with Gasteiger partial charge in [-0.1, -0.05) is 11.6 Å². The summed E-state index contributed by atoms with van der Waals surface area (Å²) in [5, 5.41) is 11.8. The molecule has 2 aliphatic heterocycles. The average Bonchev–Trinajstić information content (AvgIpc) is 3.35. The van der Waals surface area contributed by atoms with Crippen LogP contribution in [0.4, 0.5) is 13.2 Å². The second kappa shape index (κ2) is 9.19. The van der Waals surface area contributed by atoms with Crippen LogP contribution in [0.2, 0.25) is 5.02 Å². The van der Waals surface area contributed by atoms with E-state index in [2.05, 4.69) is 15.7 Å².